The Hall–Kier alpha value is -2.46. The minimum Gasteiger partial charge on any atom is -0.454 e. The molecule has 0 fully saturated rings. The number of methoxy groups -OCH3 is 1. The van der Waals surface area contributed by atoms with Gasteiger partial charge in [-0.2, -0.15) is 5.10 Å². The van der Waals surface area contributed by atoms with Crippen molar-refractivity contribution in [1.82, 2.24) is 10.7 Å². The number of hydrogen-bond donors (Lipinski definition) is 2. The van der Waals surface area contributed by atoms with Gasteiger partial charge in [0.2, 0.25) is 6.79 Å². The number of hydrazone groups is 1. The van der Waals surface area contributed by atoms with Crippen molar-refractivity contribution in [2.24, 2.45) is 5.10 Å². The number of fused-ring (bicyclic) bond motifs is 1. The Kier molecular flexibility index (Phi) is 5.66. The Balaban J connectivity index is 2.04. The van der Waals surface area contributed by atoms with Crippen LogP contribution in [0.4, 0.5) is 5.69 Å². The smallest absolute Gasteiger partial charge is 0.282 e. The predicted molar refractivity (Wildman–Crippen MR) is 87.0 cm³/mol. The second kappa shape index (κ2) is 7.70. The molecule has 124 valence electrons. The molecule has 0 unspecified atom stereocenters. The number of nitro benzene ring substituents is 1. The standard InChI is InChI=1S/C13H16N4O5S/c1-8(6-20-2)15-13(23)16-14-5-9-3-11-12(22-7-21-11)4-10(9)17(18)19/h3-5,8H,6-7H2,1-2H3,(H2,15,16,23)/b14-5-/t8-/m0/s1. The molecule has 1 aliphatic heterocycles. The van der Waals surface area contributed by atoms with E-state index >= 15 is 0 Å². The van der Waals surface area contributed by atoms with Gasteiger partial charge in [-0.25, -0.2) is 0 Å². The summed E-state index contributed by atoms with van der Waals surface area (Å²) < 4.78 is 15.3. The number of ether oxygens (including phenoxy) is 3. The first-order chi connectivity index (χ1) is 11.0. The average molecular weight is 340 g/mol. The number of nitro groups is 1. The van der Waals surface area contributed by atoms with Crippen LogP contribution in [0.2, 0.25) is 0 Å². The van der Waals surface area contributed by atoms with Gasteiger partial charge in [-0.3, -0.25) is 15.5 Å². The average Bonchev–Trinajstić information content (AvgIpc) is 2.93. The van der Waals surface area contributed by atoms with E-state index in [0.29, 0.717) is 18.1 Å². The van der Waals surface area contributed by atoms with E-state index in [1.165, 1.54) is 18.3 Å². The molecule has 1 aromatic carbocycles. The summed E-state index contributed by atoms with van der Waals surface area (Å²) in [5.74, 6) is 0.777. The highest BCUT2D eigenvalue weighted by Crippen LogP contribution is 2.37. The van der Waals surface area contributed by atoms with Crippen molar-refractivity contribution in [2.45, 2.75) is 13.0 Å². The van der Waals surface area contributed by atoms with Gasteiger partial charge in [-0.05, 0) is 25.2 Å². The van der Waals surface area contributed by atoms with E-state index in [9.17, 15) is 10.1 Å². The topological polar surface area (TPSA) is 107 Å². The number of rotatable bonds is 6. The maximum atomic E-state index is 11.1. The number of nitrogens with zero attached hydrogens (tertiary/aromatic N) is 2. The molecule has 23 heavy (non-hydrogen) atoms. The molecule has 10 heteroatoms. The minimum absolute atomic E-state index is 0.00933. The van der Waals surface area contributed by atoms with E-state index in [2.05, 4.69) is 15.8 Å². The zero-order valence-corrected chi connectivity index (χ0v) is 13.4. The van der Waals surface area contributed by atoms with Crippen LogP contribution in [-0.4, -0.2) is 42.8 Å². The molecule has 0 aliphatic carbocycles. The molecule has 2 rings (SSSR count). The normalized spacial score (nSPS) is 13.8. The molecular formula is C13H16N4O5S. The second-order valence-electron chi connectivity index (χ2n) is 4.72. The Morgan fingerprint density at radius 1 is 1.57 bits per heavy atom. The third-order valence-corrected chi connectivity index (χ3v) is 3.09. The third-order valence-electron chi connectivity index (χ3n) is 2.88. The summed E-state index contributed by atoms with van der Waals surface area (Å²) in [6, 6.07) is 2.81. The number of nitrogens with one attached hydrogen (secondary N) is 2. The molecule has 0 bridgehead atoms. The molecule has 0 saturated carbocycles. The van der Waals surface area contributed by atoms with Crippen LogP contribution >= 0.6 is 12.2 Å². The minimum atomic E-state index is -0.513. The van der Waals surface area contributed by atoms with Gasteiger partial charge in [0.05, 0.1) is 29.4 Å². The van der Waals surface area contributed by atoms with Crippen molar-refractivity contribution in [3.05, 3.63) is 27.8 Å². The Bertz CT molecular complexity index is 637. The Morgan fingerprint density at radius 2 is 2.26 bits per heavy atom. The van der Waals surface area contributed by atoms with Crippen LogP contribution < -0.4 is 20.2 Å². The second-order valence-corrected chi connectivity index (χ2v) is 5.13. The monoisotopic (exact) mass is 340 g/mol. The lowest BCUT2D eigenvalue weighted by atomic mass is 10.1. The summed E-state index contributed by atoms with van der Waals surface area (Å²) in [5.41, 5.74) is 2.74. The van der Waals surface area contributed by atoms with Crippen LogP contribution in [0.25, 0.3) is 0 Å². The maximum absolute atomic E-state index is 11.1. The molecule has 0 aromatic heterocycles. The van der Waals surface area contributed by atoms with Crippen molar-refractivity contribution >= 4 is 29.2 Å². The van der Waals surface area contributed by atoms with Gasteiger partial charge in [0.1, 0.15) is 0 Å². The molecule has 2 N–H and O–H groups in total. The van der Waals surface area contributed by atoms with Crippen molar-refractivity contribution in [3.63, 3.8) is 0 Å². The van der Waals surface area contributed by atoms with Crippen LogP contribution in [0.5, 0.6) is 11.5 Å². The van der Waals surface area contributed by atoms with Crippen molar-refractivity contribution < 1.29 is 19.1 Å². The summed E-state index contributed by atoms with van der Waals surface area (Å²) >= 11 is 5.05. The highest BCUT2D eigenvalue weighted by molar-refractivity contribution is 7.80. The predicted octanol–water partition coefficient (Wildman–Crippen LogP) is 1.16. The van der Waals surface area contributed by atoms with Gasteiger partial charge >= 0.3 is 0 Å². The van der Waals surface area contributed by atoms with Crippen molar-refractivity contribution in [1.29, 1.82) is 0 Å². The maximum Gasteiger partial charge on any atom is 0.282 e. The summed E-state index contributed by atoms with van der Waals surface area (Å²) in [4.78, 5) is 10.6. The van der Waals surface area contributed by atoms with Crippen LogP contribution in [-0.2, 0) is 4.74 Å². The van der Waals surface area contributed by atoms with E-state index in [0.717, 1.165) is 0 Å². The summed E-state index contributed by atoms with van der Waals surface area (Å²) in [6.45, 7) is 2.42. The van der Waals surface area contributed by atoms with E-state index < -0.39 is 4.92 Å². The molecule has 0 amide bonds. The van der Waals surface area contributed by atoms with E-state index in [4.69, 9.17) is 26.4 Å². The van der Waals surface area contributed by atoms with Gasteiger partial charge in [-0.1, -0.05) is 0 Å². The van der Waals surface area contributed by atoms with E-state index in [1.54, 1.807) is 7.11 Å². The first kappa shape index (κ1) is 16.9. The molecule has 1 aromatic rings. The molecular weight excluding hydrogens is 324 g/mol. The summed E-state index contributed by atoms with van der Waals surface area (Å²) in [7, 11) is 1.59. The molecule has 1 aliphatic rings. The van der Waals surface area contributed by atoms with E-state index in [1.807, 2.05) is 6.92 Å². The lowest BCUT2D eigenvalue weighted by Crippen LogP contribution is -2.40. The fraction of sp³-hybridized carbons (Fsp3) is 0.385. The molecule has 0 spiro atoms. The molecule has 0 radical (unpaired) electrons. The first-order valence-electron chi connectivity index (χ1n) is 6.67. The highest BCUT2D eigenvalue weighted by Gasteiger charge is 2.22. The number of benzene rings is 1. The molecule has 9 nitrogen and oxygen atoms in total. The summed E-state index contributed by atoms with van der Waals surface area (Å²) in [5, 5.41) is 18.2. The number of hydrogen-bond acceptors (Lipinski definition) is 7. The van der Waals surface area contributed by atoms with Crippen LogP contribution in [0.15, 0.2) is 17.2 Å². The fourth-order valence-electron chi connectivity index (χ4n) is 1.92. The molecule has 1 heterocycles. The highest BCUT2D eigenvalue weighted by atomic mass is 32.1. The van der Waals surface area contributed by atoms with Crippen LogP contribution in [0.3, 0.4) is 0 Å². The first-order valence-corrected chi connectivity index (χ1v) is 7.08. The van der Waals surface area contributed by atoms with Gasteiger partial charge in [-0.15, -0.1) is 0 Å². The SMILES string of the molecule is COC[C@H](C)NC(=S)N/N=C\c1cc2c(cc1[N+](=O)[O-])OCO2. The summed E-state index contributed by atoms with van der Waals surface area (Å²) in [6.07, 6.45) is 1.30. The quantitative estimate of drug-likeness (QED) is 0.344. The third kappa shape index (κ3) is 4.50. The van der Waals surface area contributed by atoms with Gasteiger partial charge in [0.15, 0.2) is 16.6 Å². The van der Waals surface area contributed by atoms with Crippen LogP contribution in [0.1, 0.15) is 12.5 Å². The van der Waals surface area contributed by atoms with Gasteiger partial charge < -0.3 is 19.5 Å². The Morgan fingerprint density at radius 3 is 2.91 bits per heavy atom. The van der Waals surface area contributed by atoms with Gasteiger partial charge in [0, 0.05) is 13.2 Å². The Labute approximate surface area is 137 Å². The van der Waals surface area contributed by atoms with Crippen LogP contribution in [0, 0.1) is 10.1 Å². The zero-order chi connectivity index (χ0) is 16.8. The fourth-order valence-corrected chi connectivity index (χ4v) is 2.17. The lowest BCUT2D eigenvalue weighted by Gasteiger charge is -2.13. The number of thiocarbonyl (C=S) groups is 1. The molecule has 1 atom stereocenters. The molecule has 0 saturated heterocycles. The largest absolute Gasteiger partial charge is 0.454 e. The van der Waals surface area contributed by atoms with Gasteiger partial charge in [0.25, 0.3) is 5.69 Å². The van der Waals surface area contributed by atoms with Crippen molar-refractivity contribution in [2.75, 3.05) is 20.5 Å². The van der Waals surface area contributed by atoms with Crippen molar-refractivity contribution in [3.8, 4) is 11.5 Å². The zero-order valence-electron chi connectivity index (χ0n) is 12.6. The lowest BCUT2D eigenvalue weighted by molar-refractivity contribution is -0.385. The van der Waals surface area contributed by atoms with E-state index in [-0.39, 0.29) is 29.2 Å².